The minimum atomic E-state index is -0.723. The van der Waals surface area contributed by atoms with Crippen molar-refractivity contribution in [2.45, 2.75) is 20.3 Å². The lowest BCUT2D eigenvalue weighted by atomic mass is 10.0. The van der Waals surface area contributed by atoms with Crippen LogP contribution >= 0.6 is 34.8 Å². The molecule has 0 radical (unpaired) electrons. The molecule has 5 aromatic rings. The van der Waals surface area contributed by atoms with Crippen molar-refractivity contribution in [2.75, 3.05) is 0 Å². The number of carbonyl (C=O) groups is 1. The Morgan fingerprint density at radius 1 is 1.05 bits per heavy atom. The van der Waals surface area contributed by atoms with Gasteiger partial charge in [-0.2, -0.15) is 5.26 Å². The van der Waals surface area contributed by atoms with Crippen molar-refractivity contribution < 1.29 is 18.3 Å². The van der Waals surface area contributed by atoms with E-state index in [9.17, 15) is 10.1 Å². The number of nitrogens with zero attached hydrogens (tertiary/aromatic N) is 4. The molecular weight excluding hydrogens is 590 g/mol. The number of ether oxygens (including phenoxy) is 1. The van der Waals surface area contributed by atoms with E-state index in [0.29, 0.717) is 27.4 Å². The lowest BCUT2D eigenvalue weighted by Gasteiger charge is -2.11. The molecule has 0 unspecified atom stereocenters. The normalized spacial score (nSPS) is 11.0. The van der Waals surface area contributed by atoms with Crippen molar-refractivity contribution in [2.24, 2.45) is 7.05 Å². The van der Waals surface area contributed by atoms with Gasteiger partial charge in [-0.05, 0) is 67.9 Å². The van der Waals surface area contributed by atoms with Crippen LogP contribution in [0.5, 0.6) is 11.5 Å². The maximum absolute atomic E-state index is 15.5. The summed E-state index contributed by atoms with van der Waals surface area (Å²) in [5.74, 6) is -0.613. The van der Waals surface area contributed by atoms with Crippen LogP contribution in [0.2, 0.25) is 15.1 Å². The van der Waals surface area contributed by atoms with Gasteiger partial charge >= 0.3 is 0 Å². The Kier molecular flexibility index (Phi) is 7.87. The molecule has 0 aliphatic rings. The average Bonchev–Trinajstić information content (AvgIpc) is 3.48. The molecule has 2 heterocycles. The molecule has 41 heavy (non-hydrogen) atoms. The summed E-state index contributed by atoms with van der Waals surface area (Å²) in [5, 5.41) is 18.3. The molecule has 0 amide bonds. The van der Waals surface area contributed by atoms with Gasteiger partial charge in [0.25, 0.3) is 0 Å². The van der Waals surface area contributed by atoms with Gasteiger partial charge in [0.05, 0.1) is 34.3 Å². The summed E-state index contributed by atoms with van der Waals surface area (Å²) >= 11 is 18.3. The lowest BCUT2D eigenvalue weighted by molar-refractivity contribution is 0.103. The molecule has 0 N–H and O–H groups in total. The van der Waals surface area contributed by atoms with E-state index in [2.05, 4.69) is 10.2 Å². The van der Waals surface area contributed by atoms with Crippen molar-refractivity contribution in [1.82, 2.24) is 14.8 Å². The number of hydrogen-bond donors (Lipinski definition) is 0. The number of benzene rings is 3. The first-order chi connectivity index (χ1) is 19.6. The van der Waals surface area contributed by atoms with Gasteiger partial charge < -0.3 is 13.7 Å². The van der Waals surface area contributed by atoms with E-state index < -0.39 is 5.82 Å². The number of halogens is 4. The van der Waals surface area contributed by atoms with E-state index in [-0.39, 0.29) is 56.7 Å². The van der Waals surface area contributed by atoms with Gasteiger partial charge in [0.2, 0.25) is 17.6 Å². The highest BCUT2D eigenvalue weighted by Crippen LogP contribution is 2.37. The van der Waals surface area contributed by atoms with Crippen molar-refractivity contribution >= 4 is 40.6 Å². The summed E-state index contributed by atoms with van der Waals surface area (Å²) in [7, 11) is 1.79. The van der Waals surface area contributed by atoms with Crippen LogP contribution in [0.1, 0.15) is 44.3 Å². The van der Waals surface area contributed by atoms with Crippen molar-refractivity contribution in [3.63, 3.8) is 0 Å². The predicted molar refractivity (Wildman–Crippen MR) is 154 cm³/mol. The Morgan fingerprint density at radius 3 is 2.49 bits per heavy atom. The van der Waals surface area contributed by atoms with Gasteiger partial charge in [0.1, 0.15) is 5.75 Å². The number of carbonyl (C=O) groups excluding carboxylic acids is 1. The molecule has 0 aliphatic carbocycles. The van der Waals surface area contributed by atoms with Gasteiger partial charge in [-0.15, -0.1) is 10.2 Å². The second kappa shape index (κ2) is 11.4. The fourth-order valence-electron chi connectivity index (χ4n) is 4.55. The van der Waals surface area contributed by atoms with Crippen molar-refractivity contribution in [3.8, 4) is 29.0 Å². The topological polar surface area (TPSA) is 93.9 Å². The molecule has 0 aliphatic heterocycles. The highest BCUT2D eigenvalue weighted by molar-refractivity contribution is 6.32. The third kappa shape index (κ3) is 5.57. The van der Waals surface area contributed by atoms with E-state index in [0.717, 1.165) is 5.69 Å². The zero-order chi connectivity index (χ0) is 29.4. The van der Waals surface area contributed by atoms with Gasteiger partial charge in [0.15, 0.2) is 11.6 Å². The molecule has 5 rings (SSSR count). The number of rotatable bonds is 7. The molecule has 206 valence electrons. The van der Waals surface area contributed by atoms with E-state index >= 15 is 4.39 Å². The average molecular weight is 610 g/mol. The van der Waals surface area contributed by atoms with Gasteiger partial charge in [-0.1, -0.05) is 40.9 Å². The second-order valence-corrected chi connectivity index (χ2v) is 10.5. The van der Waals surface area contributed by atoms with Crippen LogP contribution in [0.25, 0.3) is 11.5 Å². The summed E-state index contributed by atoms with van der Waals surface area (Å²) in [5.41, 5.74) is 3.47. The Labute approximate surface area is 249 Å². The number of hydrogen-bond acceptors (Lipinski definition) is 6. The van der Waals surface area contributed by atoms with E-state index in [4.69, 9.17) is 44.0 Å². The SMILES string of the molecule is Cc1c(-c2nnc(Cc3ccc(Cl)c(Oc4cc(Cl)cc(C#N)c4)c3F)o2)c(C)n(C)c1C(=O)c1ccc(Cl)cc1. The highest BCUT2D eigenvalue weighted by Gasteiger charge is 2.26. The molecule has 0 spiro atoms. The van der Waals surface area contributed by atoms with Crippen LogP contribution in [0.4, 0.5) is 4.39 Å². The Morgan fingerprint density at radius 2 is 1.78 bits per heavy atom. The number of aromatic nitrogens is 3. The zero-order valence-corrected chi connectivity index (χ0v) is 24.2. The molecule has 11 heteroatoms. The van der Waals surface area contributed by atoms with Gasteiger partial charge in [-0.3, -0.25) is 4.79 Å². The fourth-order valence-corrected chi connectivity index (χ4v) is 5.08. The molecule has 0 atom stereocenters. The molecular formula is C30H20Cl3FN4O3. The fraction of sp³-hybridized carbons (Fsp3) is 0.133. The van der Waals surface area contributed by atoms with Crippen LogP contribution in [-0.4, -0.2) is 20.5 Å². The molecule has 0 saturated carbocycles. The monoisotopic (exact) mass is 608 g/mol. The maximum Gasteiger partial charge on any atom is 0.249 e. The zero-order valence-electron chi connectivity index (χ0n) is 21.9. The molecule has 7 nitrogen and oxygen atoms in total. The summed E-state index contributed by atoms with van der Waals surface area (Å²) in [6.07, 6.45) is -0.0488. The molecule has 0 bridgehead atoms. The number of ketones is 1. The Hall–Kier alpha value is -4.16. The third-order valence-electron chi connectivity index (χ3n) is 6.62. The molecule has 2 aromatic heterocycles. The quantitative estimate of drug-likeness (QED) is 0.172. The Balaban J connectivity index is 1.44. The molecule has 0 saturated heterocycles. The molecule has 0 fully saturated rings. The highest BCUT2D eigenvalue weighted by atomic mass is 35.5. The largest absolute Gasteiger partial charge is 0.453 e. The second-order valence-electron chi connectivity index (χ2n) is 9.25. The first kappa shape index (κ1) is 28.4. The van der Waals surface area contributed by atoms with Crippen LogP contribution in [0.15, 0.2) is 59.0 Å². The minimum Gasteiger partial charge on any atom is -0.453 e. The molecule has 3 aromatic carbocycles. The summed E-state index contributed by atoms with van der Waals surface area (Å²) in [4.78, 5) is 13.3. The first-order valence-corrected chi connectivity index (χ1v) is 13.3. The maximum atomic E-state index is 15.5. The van der Waals surface area contributed by atoms with Crippen molar-refractivity contribution in [3.05, 3.63) is 115 Å². The van der Waals surface area contributed by atoms with Crippen LogP contribution in [0, 0.1) is 31.0 Å². The first-order valence-electron chi connectivity index (χ1n) is 12.2. The van der Waals surface area contributed by atoms with Crippen LogP contribution in [-0.2, 0) is 13.5 Å². The van der Waals surface area contributed by atoms with Crippen LogP contribution < -0.4 is 4.74 Å². The summed E-state index contributed by atoms with van der Waals surface area (Å²) in [6, 6.07) is 16.0. The lowest BCUT2D eigenvalue weighted by Crippen LogP contribution is -2.09. The van der Waals surface area contributed by atoms with E-state index in [1.807, 2.05) is 19.9 Å². The van der Waals surface area contributed by atoms with E-state index in [1.54, 1.807) is 35.9 Å². The summed E-state index contributed by atoms with van der Waals surface area (Å²) < 4.78 is 28.9. The summed E-state index contributed by atoms with van der Waals surface area (Å²) in [6.45, 7) is 3.66. The van der Waals surface area contributed by atoms with E-state index in [1.165, 1.54) is 30.3 Å². The van der Waals surface area contributed by atoms with Crippen LogP contribution in [0.3, 0.4) is 0 Å². The van der Waals surface area contributed by atoms with Gasteiger partial charge in [0, 0.05) is 33.9 Å². The third-order valence-corrected chi connectivity index (χ3v) is 7.39. The number of nitriles is 1. The van der Waals surface area contributed by atoms with Gasteiger partial charge in [-0.25, -0.2) is 4.39 Å². The standard InChI is InChI=1S/C30H20Cl3FN4O3/c1-15-25(16(2)38(3)27(15)28(39)18-4-7-20(31)8-5-18)30-37-36-24(41-30)12-19-6-9-23(33)29(26(19)34)40-22-11-17(14-35)10-21(32)13-22/h4-11,13H,12H2,1-3H3. The Bertz CT molecular complexity index is 1860. The predicted octanol–water partition coefficient (Wildman–Crippen LogP) is 8.28. The van der Waals surface area contributed by atoms with Crippen molar-refractivity contribution in [1.29, 1.82) is 5.26 Å². The smallest absolute Gasteiger partial charge is 0.249 e. The minimum absolute atomic E-state index is 0.0318.